The summed E-state index contributed by atoms with van der Waals surface area (Å²) in [6, 6.07) is 5.40. The van der Waals surface area contributed by atoms with Gasteiger partial charge in [-0.3, -0.25) is 0 Å². The molecule has 1 atom stereocenters. The number of nitriles is 1. The van der Waals surface area contributed by atoms with E-state index in [-0.39, 0.29) is 0 Å². The maximum Gasteiger partial charge on any atom is 0.131 e. The van der Waals surface area contributed by atoms with Crippen LogP contribution in [-0.2, 0) is 0 Å². The van der Waals surface area contributed by atoms with Gasteiger partial charge in [-0.25, -0.2) is 0 Å². The summed E-state index contributed by atoms with van der Waals surface area (Å²) in [7, 11) is 4.71. The Kier molecular flexibility index (Phi) is 3.54. The van der Waals surface area contributed by atoms with E-state index in [9.17, 15) is 5.26 Å². The van der Waals surface area contributed by atoms with E-state index in [0.29, 0.717) is 17.2 Å². The summed E-state index contributed by atoms with van der Waals surface area (Å²) in [6.45, 7) is 0. The highest BCUT2D eigenvalue weighted by molar-refractivity contribution is 5.54. The molecule has 1 saturated carbocycles. The largest absolute Gasteiger partial charge is 0.496 e. The first-order valence-corrected chi connectivity index (χ1v) is 6.08. The number of ether oxygens (including phenoxy) is 3. The summed E-state index contributed by atoms with van der Waals surface area (Å²) >= 11 is 0. The third-order valence-electron chi connectivity index (χ3n) is 3.67. The highest BCUT2D eigenvalue weighted by Gasteiger charge is 2.50. The van der Waals surface area contributed by atoms with Crippen molar-refractivity contribution >= 4 is 0 Å². The van der Waals surface area contributed by atoms with Gasteiger partial charge in [-0.1, -0.05) is 0 Å². The van der Waals surface area contributed by atoms with E-state index in [4.69, 9.17) is 19.9 Å². The lowest BCUT2D eigenvalue weighted by atomic mass is 9.90. The van der Waals surface area contributed by atoms with Crippen LogP contribution >= 0.6 is 0 Å². The quantitative estimate of drug-likeness (QED) is 0.878. The molecule has 2 rings (SSSR count). The van der Waals surface area contributed by atoms with Crippen LogP contribution in [0.3, 0.4) is 0 Å². The van der Waals surface area contributed by atoms with Gasteiger partial charge in [0.15, 0.2) is 0 Å². The number of rotatable bonds is 5. The molecule has 2 N–H and O–H groups in total. The van der Waals surface area contributed by atoms with Crippen LogP contribution in [0.15, 0.2) is 12.1 Å². The van der Waals surface area contributed by atoms with E-state index in [1.807, 2.05) is 0 Å². The molecule has 0 radical (unpaired) electrons. The summed E-state index contributed by atoms with van der Waals surface area (Å²) in [4.78, 5) is 0. The van der Waals surface area contributed by atoms with Crippen molar-refractivity contribution in [1.29, 1.82) is 5.26 Å². The van der Waals surface area contributed by atoms with Crippen molar-refractivity contribution in [2.45, 2.75) is 18.9 Å². The highest BCUT2D eigenvalue weighted by Crippen LogP contribution is 2.56. The number of nitrogens with two attached hydrogens (primary N) is 1. The molecule has 102 valence electrons. The Morgan fingerprint density at radius 2 is 1.68 bits per heavy atom. The summed E-state index contributed by atoms with van der Waals surface area (Å²) in [5.41, 5.74) is 6.50. The lowest BCUT2D eigenvalue weighted by Gasteiger charge is -2.22. The van der Waals surface area contributed by atoms with Crippen LogP contribution < -0.4 is 19.9 Å². The van der Waals surface area contributed by atoms with Crippen LogP contribution in [0.4, 0.5) is 0 Å². The Morgan fingerprint density at radius 3 is 2.00 bits per heavy atom. The molecule has 1 aliphatic carbocycles. The normalized spacial score (nSPS) is 17.2. The molecule has 1 aliphatic rings. The Hall–Kier alpha value is -1.93. The summed E-state index contributed by atoms with van der Waals surface area (Å²) < 4.78 is 15.9. The van der Waals surface area contributed by atoms with Crippen molar-refractivity contribution < 1.29 is 14.2 Å². The van der Waals surface area contributed by atoms with Crippen molar-refractivity contribution in [3.05, 3.63) is 17.7 Å². The van der Waals surface area contributed by atoms with Crippen molar-refractivity contribution in [3.63, 3.8) is 0 Å². The van der Waals surface area contributed by atoms with E-state index in [1.54, 1.807) is 33.5 Å². The highest BCUT2D eigenvalue weighted by atomic mass is 16.5. The predicted octanol–water partition coefficient (Wildman–Crippen LogP) is 2.02. The third kappa shape index (κ3) is 2.20. The minimum atomic E-state index is -0.491. The first-order valence-electron chi connectivity index (χ1n) is 6.08. The fraction of sp³-hybridized carbons (Fsp3) is 0.500. The average Bonchev–Trinajstić information content (AvgIpc) is 3.25. The van der Waals surface area contributed by atoms with E-state index < -0.39 is 11.5 Å². The maximum atomic E-state index is 9.28. The number of benzene rings is 1. The molecule has 5 heteroatoms. The molecule has 0 bridgehead atoms. The third-order valence-corrected chi connectivity index (χ3v) is 3.67. The summed E-state index contributed by atoms with van der Waals surface area (Å²) in [6.07, 6.45) is 1.62. The van der Waals surface area contributed by atoms with Crippen LogP contribution in [0.1, 0.15) is 24.4 Å². The molecule has 1 aromatic rings. The summed E-state index contributed by atoms with van der Waals surface area (Å²) in [5.74, 6) is 1.81. The lowest BCUT2D eigenvalue weighted by molar-refractivity contribution is 0.355. The number of hydrogen-bond donors (Lipinski definition) is 1. The first-order chi connectivity index (χ1) is 9.11. The molecule has 0 amide bonds. The second-order valence-corrected chi connectivity index (χ2v) is 4.69. The van der Waals surface area contributed by atoms with Crippen molar-refractivity contribution in [3.8, 4) is 23.3 Å². The molecule has 5 nitrogen and oxygen atoms in total. The van der Waals surface area contributed by atoms with Gasteiger partial charge in [0.05, 0.1) is 44.4 Å². The minimum Gasteiger partial charge on any atom is -0.496 e. The molecule has 1 unspecified atom stereocenters. The van der Waals surface area contributed by atoms with Crippen molar-refractivity contribution in [2.24, 2.45) is 11.1 Å². The molecular weight excluding hydrogens is 244 g/mol. The molecule has 1 aromatic carbocycles. The van der Waals surface area contributed by atoms with E-state index >= 15 is 0 Å². The van der Waals surface area contributed by atoms with E-state index in [2.05, 4.69) is 6.07 Å². The Bertz CT molecular complexity index is 493. The van der Waals surface area contributed by atoms with Gasteiger partial charge in [0.1, 0.15) is 17.2 Å². The van der Waals surface area contributed by atoms with Gasteiger partial charge in [0.25, 0.3) is 0 Å². The predicted molar refractivity (Wildman–Crippen MR) is 70.3 cm³/mol. The van der Waals surface area contributed by atoms with Crippen LogP contribution in [0.5, 0.6) is 17.2 Å². The molecule has 0 heterocycles. The number of methoxy groups -OCH3 is 3. The van der Waals surface area contributed by atoms with E-state index in [1.165, 1.54) is 0 Å². The van der Waals surface area contributed by atoms with Crippen molar-refractivity contribution in [2.75, 3.05) is 21.3 Å². The van der Waals surface area contributed by atoms with Gasteiger partial charge in [-0.05, 0) is 12.8 Å². The summed E-state index contributed by atoms with van der Waals surface area (Å²) in [5, 5.41) is 9.28. The van der Waals surface area contributed by atoms with E-state index in [0.717, 1.165) is 18.4 Å². The number of nitrogens with zero attached hydrogens (tertiary/aromatic N) is 1. The molecule has 0 aliphatic heterocycles. The lowest BCUT2D eigenvalue weighted by Crippen LogP contribution is -2.23. The number of hydrogen-bond acceptors (Lipinski definition) is 5. The van der Waals surface area contributed by atoms with Crippen molar-refractivity contribution in [1.82, 2.24) is 0 Å². The molecule has 1 fully saturated rings. The van der Waals surface area contributed by atoms with Crippen LogP contribution in [-0.4, -0.2) is 21.3 Å². The minimum absolute atomic E-state index is 0.423. The van der Waals surface area contributed by atoms with Crippen LogP contribution in [0, 0.1) is 16.7 Å². The molecule has 0 spiro atoms. The fourth-order valence-corrected chi connectivity index (χ4v) is 2.24. The molecule has 0 aromatic heterocycles. The average molecular weight is 262 g/mol. The van der Waals surface area contributed by atoms with Gasteiger partial charge < -0.3 is 19.9 Å². The Labute approximate surface area is 112 Å². The van der Waals surface area contributed by atoms with Gasteiger partial charge in [-0.2, -0.15) is 5.26 Å². The van der Waals surface area contributed by atoms with Gasteiger partial charge in [0.2, 0.25) is 0 Å². The zero-order chi connectivity index (χ0) is 14.0. The fourth-order valence-electron chi connectivity index (χ4n) is 2.24. The maximum absolute atomic E-state index is 9.28. The van der Waals surface area contributed by atoms with Crippen LogP contribution in [0.2, 0.25) is 0 Å². The monoisotopic (exact) mass is 262 g/mol. The van der Waals surface area contributed by atoms with Crippen LogP contribution in [0.25, 0.3) is 0 Å². The SMILES string of the molecule is COc1cc(OC)c(C(N)C2(C#N)CC2)c(OC)c1. The van der Waals surface area contributed by atoms with Gasteiger partial charge in [-0.15, -0.1) is 0 Å². The topological polar surface area (TPSA) is 77.5 Å². The molecule has 19 heavy (non-hydrogen) atoms. The second-order valence-electron chi connectivity index (χ2n) is 4.69. The van der Waals surface area contributed by atoms with Gasteiger partial charge in [0, 0.05) is 12.1 Å². The second kappa shape index (κ2) is 4.98. The zero-order valence-electron chi connectivity index (χ0n) is 11.4. The first kappa shape index (κ1) is 13.5. The Balaban J connectivity index is 2.52. The standard InChI is InChI=1S/C14H18N2O3/c1-17-9-6-10(18-2)12(11(7-9)19-3)13(16)14(8-15)4-5-14/h6-7,13H,4-5,16H2,1-3H3. The molecular formula is C14H18N2O3. The van der Waals surface area contributed by atoms with Gasteiger partial charge >= 0.3 is 0 Å². The molecule has 0 saturated heterocycles. The Morgan fingerprint density at radius 1 is 1.16 bits per heavy atom. The smallest absolute Gasteiger partial charge is 0.131 e. The zero-order valence-corrected chi connectivity index (χ0v) is 11.4.